The van der Waals surface area contributed by atoms with E-state index < -0.39 is 0 Å². The molecule has 0 atom stereocenters. The number of methoxy groups -OCH3 is 1. The maximum absolute atomic E-state index is 13.0. The van der Waals surface area contributed by atoms with Crippen molar-refractivity contribution in [3.05, 3.63) is 76.7 Å². The molecule has 0 aliphatic carbocycles. The smallest absolute Gasteiger partial charge is 0.269 e. The maximum Gasteiger partial charge on any atom is 0.269 e. The molecule has 4 aromatic rings. The van der Waals surface area contributed by atoms with Gasteiger partial charge < -0.3 is 10.1 Å². The largest absolute Gasteiger partial charge is 0.496 e. The van der Waals surface area contributed by atoms with Gasteiger partial charge >= 0.3 is 0 Å². The van der Waals surface area contributed by atoms with Crippen LogP contribution in [0.2, 0.25) is 0 Å². The van der Waals surface area contributed by atoms with Gasteiger partial charge in [-0.05, 0) is 18.2 Å². The second kappa shape index (κ2) is 8.83. The number of para-hydroxylation sites is 2. The Balaban J connectivity index is 1.53. The van der Waals surface area contributed by atoms with Crippen LogP contribution in [0.5, 0.6) is 5.75 Å². The quantitative estimate of drug-likeness (QED) is 0.351. The predicted octanol–water partition coefficient (Wildman–Crippen LogP) is 2.53. The lowest BCUT2D eigenvalue weighted by Gasteiger charge is -2.12. The van der Waals surface area contributed by atoms with Crippen LogP contribution in [0, 0.1) is 0 Å². The predicted molar refractivity (Wildman–Crippen MR) is 115 cm³/mol. The van der Waals surface area contributed by atoms with Crippen molar-refractivity contribution in [2.45, 2.75) is 11.7 Å². The van der Waals surface area contributed by atoms with E-state index in [2.05, 4.69) is 20.5 Å². The van der Waals surface area contributed by atoms with Gasteiger partial charge in [-0.25, -0.2) is 4.98 Å². The molecule has 2 heterocycles. The minimum absolute atomic E-state index is 0.105. The van der Waals surface area contributed by atoms with Crippen molar-refractivity contribution in [3.63, 3.8) is 0 Å². The van der Waals surface area contributed by atoms with E-state index in [-0.39, 0.29) is 17.2 Å². The number of aromatic amines is 1. The number of nitrogens with one attached hydrogen (secondary N) is 2. The maximum atomic E-state index is 13.0. The zero-order valence-electron chi connectivity index (χ0n) is 16.2. The van der Waals surface area contributed by atoms with Crippen LogP contribution in [0.4, 0.5) is 0 Å². The number of carbonyl (C=O) groups is 1. The molecule has 8 nitrogen and oxygen atoms in total. The number of benzene rings is 2. The first kappa shape index (κ1) is 19.7. The molecule has 0 saturated carbocycles. The average Bonchev–Trinajstić information content (AvgIpc) is 3.26. The Labute approximate surface area is 176 Å². The average molecular weight is 421 g/mol. The van der Waals surface area contributed by atoms with E-state index in [4.69, 9.17) is 4.74 Å². The Bertz CT molecular complexity index is 1240. The van der Waals surface area contributed by atoms with Gasteiger partial charge in [0.25, 0.3) is 5.56 Å². The van der Waals surface area contributed by atoms with E-state index in [0.717, 1.165) is 11.3 Å². The number of aromatic nitrogens is 4. The van der Waals surface area contributed by atoms with Crippen LogP contribution in [0.25, 0.3) is 16.7 Å². The Morgan fingerprint density at radius 2 is 1.93 bits per heavy atom. The molecule has 0 bridgehead atoms. The molecular weight excluding hydrogens is 402 g/mol. The number of hydrogen-bond acceptors (Lipinski definition) is 6. The van der Waals surface area contributed by atoms with E-state index in [0.29, 0.717) is 28.4 Å². The molecule has 0 spiro atoms. The van der Waals surface area contributed by atoms with Crippen molar-refractivity contribution in [1.29, 1.82) is 0 Å². The summed E-state index contributed by atoms with van der Waals surface area (Å²) < 4.78 is 6.80. The number of ether oxygens (including phenoxy) is 1. The highest BCUT2D eigenvalue weighted by Crippen LogP contribution is 2.21. The topological polar surface area (TPSA) is 102 Å². The van der Waals surface area contributed by atoms with E-state index in [1.165, 1.54) is 22.5 Å². The van der Waals surface area contributed by atoms with Crippen LogP contribution in [0.1, 0.15) is 5.56 Å². The molecule has 2 aromatic heterocycles. The van der Waals surface area contributed by atoms with Crippen molar-refractivity contribution in [1.82, 2.24) is 25.1 Å². The first-order valence-corrected chi connectivity index (χ1v) is 10.2. The molecule has 0 unspecified atom stereocenters. The number of hydrogen-bond donors (Lipinski definition) is 2. The highest BCUT2D eigenvalue weighted by molar-refractivity contribution is 7.99. The molecule has 0 aliphatic rings. The van der Waals surface area contributed by atoms with E-state index in [1.54, 1.807) is 7.11 Å². The highest BCUT2D eigenvalue weighted by atomic mass is 32.2. The molecule has 9 heteroatoms. The Morgan fingerprint density at radius 1 is 1.17 bits per heavy atom. The van der Waals surface area contributed by atoms with E-state index in [1.807, 2.05) is 54.6 Å². The van der Waals surface area contributed by atoms with E-state index in [9.17, 15) is 9.59 Å². The van der Waals surface area contributed by atoms with Gasteiger partial charge in [0.2, 0.25) is 5.91 Å². The zero-order valence-corrected chi connectivity index (χ0v) is 17.0. The lowest BCUT2D eigenvalue weighted by atomic mass is 10.2. The van der Waals surface area contributed by atoms with Gasteiger partial charge in [0, 0.05) is 12.1 Å². The summed E-state index contributed by atoms with van der Waals surface area (Å²) in [5.41, 5.74) is 1.72. The van der Waals surface area contributed by atoms with Gasteiger partial charge in [-0.15, -0.1) is 0 Å². The SMILES string of the molecule is COc1ccccc1CNC(=O)CSc1nc2[nH]ncc2c(=O)n1-c1ccccc1. The lowest BCUT2D eigenvalue weighted by Crippen LogP contribution is -2.26. The van der Waals surface area contributed by atoms with Crippen molar-refractivity contribution >= 4 is 28.7 Å². The summed E-state index contributed by atoms with van der Waals surface area (Å²) >= 11 is 1.19. The first-order chi connectivity index (χ1) is 14.7. The molecule has 0 saturated heterocycles. The first-order valence-electron chi connectivity index (χ1n) is 9.20. The number of fused-ring (bicyclic) bond motifs is 1. The molecule has 0 fully saturated rings. The third kappa shape index (κ3) is 4.06. The monoisotopic (exact) mass is 421 g/mol. The standard InChI is InChI=1S/C21H19N5O3S/c1-29-17-10-6-5-7-14(17)11-22-18(27)13-30-21-24-19-16(12-23-25-19)20(28)26(21)15-8-3-2-4-9-15/h2-10,12H,11,13H2,1H3,(H,22,27)(H,23,25). The summed E-state index contributed by atoms with van der Waals surface area (Å²) in [4.78, 5) is 29.9. The minimum Gasteiger partial charge on any atom is -0.496 e. The van der Waals surface area contributed by atoms with Gasteiger partial charge in [-0.2, -0.15) is 5.10 Å². The number of thioether (sulfide) groups is 1. The Hall–Kier alpha value is -3.59. The second-order valence-electron chi connectivity index (χ2n) is 6.38. The third-order valence-corrected chi connectivity index (χ3v) is 5.41. The van der Waals surface area contributed by atoms with Crippen molar-refractivity contribution < 1.29 is 9.53 Å². The molecule has 4 rings (SSSR count). The van der Waals surface area contributed by atoms with Crippen LogP contribution in [0.15, 0.2) is 70.7 Å². The van der Waals surface area contributed by atoms with Crippen LogP contribution in [-0.4, -0.2) is 38.5 Å². The second-order valence-corrected chi connectivity index (χ2v) is 7.32. The van der Waals surface area contributed by atoms with Gasteiger partial charge in [0.1, 0.15) is 11.1 Å². The molecule has 1 amide bonds. The minimum atomic E-state index is -0.239. The zero-order chi connectivity index (χ0) is 20.9. The van der Waals surface area contributed by atoms with Crippen molar-refractivity contribution in [2.75, 3.05) is 12.9 Å². The third-order valence-electron chi connectivity index (χ3n) is 4.47. The number of nitrogens with zero attached hydrogens (tertiary/aromatic N) is 3. The molecule has 2 N–H and O–H groups in total. The fourth-order valence-corrected chi connectivity index (χ4v) is 3.84. The van der Waals surface area contributed by atoms with Crippen LogP contribution in [-0.2, 0) is 11.3 Å². The fourth-order valence-electron chi connectivity index (χ4n) is 3.00. The Morgan fingerprint density at radius 3 is 2.73 bits per heavy atom. The highest BCUT2D eigenvalue weighted by Gasteiger charge is 2.16. The normalized spacial score (nSPS) is 10.8. The van der Waals surface area contributed by atoms with E-state index >= 15 is 0 Å². The molecule has 2 aromatic carbocycles. The number of amides is 1. The summed E-state index contributed by atoms with van der Waals surface area (Å²) in [6.07, 6.45) is 1.46. The summed E-state index contributed by atoms with van der Waals surface area (Å²) in [5.74, 6) is 0.646. The fraction of sp³-hybridized carbons (Fsp3) is 0.143. The van der Waals surface area contributed by atoms with Gasteiger partial charge in [-0.3, -0.25) is 19.3 Å². The number of carbonyl (C=O) groups excluding carboxylic acids is 1. The lowest BCUT2D eigenvalue weighted by molar-refractivity contribution is -0.118. The number of rotatable bonds is 7. The van der Waals surface area contributed by atoms with Crippen LogP contribution in [0.3, 0.4) is 0 Å². The Kier molecular flexibility index (Phi) is 5.80. The van der Waals surface area contributed by atoms with Crippen molar-refractivity contribution in [3.8, 4) is 11.4 Å². The molecular formula is C21H19N5O3S. The van der Waals surface area contributed by atoms with Gasteiger partial charge in [0.15, 0.2) is 10.8 Å². The molecule has 0 radical (unpaired) electrons. The molecule has 152 valence electrons. The summed E-state index contributed by atoms with van der Waals surface area (Å²) in [5, 5.41) is 10.3. The van der Waals surface area contributed by atoms with Gasteiger partial charge in [-0.1, -0.05) is 48.2 Å². The van der Waals surface area contributed by atoms with Crippen molar-refractivity contribution in [2.24, 2.45) is 0 Å². The summed E-state index contributed by atoms with van der Waals surface area (Å²) in [6.45, 7) is 0.349. The summed E-state index contributed by atoms with van der Waals surface area (Å²) in [7, 11) is 1.59. The molecule has 0 aliphatic heterocycles. The van der Waals surface area contributed by atoms with Crippen LogP contribution < -0.4 is 15.6 Å². The molecule has 30 heavy (non-hydrogen) atoms. The van der Waals surface area contributed by atoms with Crippen LogP contribution >= 0.6 is 11.8 Å². The van der Waals surface area contributed by atoms with Gasteiger partial charge in [0.05, 0.1) is 24.7 Å². The summed E-state index contributed by atoms with van der Waals surface area (Å²) in [6, 6.07) is 16.7. The number of H-pyrrole nitrogens is 1.